The van der Waals surface area contributed by atoms with Crippen LogP contribution in [0.5, 0.6) is 0 Å². The van der Waals surface area contributed by atoms with Crippen molar-refractivity contribution >= 4 is 11.7 Å². The summed E-state index contributed by atoms with van der Waals surface area (Å²) in [6.07, 6.45) is 0.840. The van der Waals surface area contributed by atoms with Crippen LogP contribution in [0.3, 0.4) is 0 Å². The van der Waals surface area contributed by atoms with Gasteiger partial charge >= 0.3 is 5.97 Å². The largest absolute Gasteiger partial charge is 0.478 e. The monoisotopic (exact) mass is 291 g/mol. The van der Waals surface area contributed by atoms with E-state index in [2.05, 4.69) is 5.32 Å². The van der Waals surface area contributed by atoms with Crippen molar-refractivity contribution in [3.8, 4) is 0 Å². The van der Waals surface area contributed by atoms with Gasteiger partial charge in [-0.25, -0.2) is 13.6 Å². The molecule has 2 rings (SSSR count). The molecule has 0 fully saturated rings. The van der Waals surface area contributed by atoms with Gasteiger partial charge in [-0.15, -0.1) is 0 Å². The van der Waals surface area contributed by atoms with Crippen molar-refractivity contribution in [3.05, 3.63) is 64.7 Å². The highest BCUT2D eigenvalue weighted by atomic mass is 19.2. The second-order valence-corrected chi connectivity index (χ2v) is 4.57. The first kappa shape index (κ1) is 15.0. The molecule has 0 aliphatic heterocycles. The van der Waals surface area contributed by atoms with E-state index >= 15 is 0 Å². The first-order chi connectivity index (χ1) is 10.0. The lowest BCUT2D eigenvalue weighted by atomic mass is 10.1. The third-order valence-corrected chi connectivity index (χ3v) is 3.28. The van der Waals surface area contributed by atoms with Crippen LogP contribution in [-0.4, -0.2) is 11.1 Å². The van der Waals surface area contributed by atoms with E-state index in [-0.39, 0.29) is 5.69 Å². The molecule has 110 valence electrons. The molecule has 0 bridgehead atoms. The number of nitrogens with one attached hydrogen (secondary N) is 1. The van der Waals surface area contributed by atoms with Crippen molar-refractivity contribution in [2.24, 2.45) is 0 Å². The Morgan fingerprint density at radius 1 is 1.10 bits per heavy atom. The maximum Gasteiger partial charge on any atom is 0.338 e. The number of halogens is 2. The summed E-state index contributed by atoms with van der Waals surface area (Å²) in [6, 6.07) is 9.96. The molecule has 0 saturated carbocycles. The Balaban J connectivity index is 2.21. The van der Waals surface area contributed by atoms with Gasteiger partial charge in [-0.2, -0.15) is 0 Å². The summed E-state index contributed by atoms with van der Waals surface area (Å²) in [4.78, 5) is 10.7. The predicted octanol–water partition coefficient (Wildman–Crippen LogP) is 3.84. The molecule has 0 saturated heterocycles. The zero-order valence-electron chi connectivity index (χ0n) is 11.5. The van der Waals surface area contributed by atoms with Gasteiger partial charge in [-0.05, 0) is 29.7 Å². The standard InChI is InChI=1S/C16H15F2NO2/c1-2-10-5-3-4-6-11(10)9-19-13-8-7-12(16(20)21)14(17)15(13)18/h3-8,19H,2,9H2,1H3,(H,20,21). The van der Waals surface area contributed by atoms with Crippen molar-refractivity contribution in [2.75, 3.05) is 5.32 Å². The van der Waals surface area contributed by atoms with Crippen LogP contribution in [0.4, 0.5) is 14.5 Å². The first-order valence-corrected chi connectivity index (χ1v) is 6.56. The lowest BCUT2D eigenvalue weighted by Crippen LogP contribution is -2.08. The fraction of sp³-hybridized carbons (Fsp3) is 0.188. The predicted molar refractivity (Wildman–Crippen MR) is 76.5 cm³/mol. The normalized spacial score (nSPS) is 10.4. The van der Waals surface area contributed by atoms with Crippen LogP contribution in [0.25, 0.3) is 0 Å². The summed E-state index contributed by atoms with van der Waals surface area (Å²) in [6.45, 7) is 2.35. The van der Waals surface area contributed by atoms with Crippen molar-refractivity contribution in [2.45, 2.75) is 19.9 Å². The number of hydrogen-bond donors (Lipinski definition) is 2. The van der Waals surface area contributed by atoms with Gasteiger partial charge in [0.1, 0.15) is 0 Å². The highest BCUT2D eigenvalue weighted by molar-refractivity contribution is 5.88. The van der Waals surface area contributed by atoms with E-state index in [4.69, 9.17) is 5.11 Å². The zero-order valence-corrected chi connectivity index (χ0v) is 11.5. The minimum Gasteiger partial charge on any atom is -0.478 e. The van der Waals surface area contributed by atoms with E-state index in [1.54, 1.807) is 0 Å². The lowest BCUT2D eigenvalue weighted by molar-refractivity contribution is 0.0690. The fourth-order valence-corrected chi connectivity index (χ4v) is 2.12. The molecule has 0 aliphatic rings. The lowest BCUT2D eigenvalue weighted by Gasteiger charge is -2.12. The van der Waals surface area contributed by atoms with E-state index in [0.29, 0.717) is 6.54 Å². The quantitative estimate of drug-likeness (QED) is 0.880. The second kappa shape index (κ2) is 6.35. The maximum atomic E-state index is 13.8. The molecule has 0 aromatic heterocycles. The topological polar surface area (TPSA) is 49.3 Å². The summed E-state index contributed by atoms with van der Waals surface area (Å²) < 4.78 is 27.4. The molecule has 5 heteroatoms. The minimum absolute atomic E-state index is 0.0524. The zero-order chi connectivity index (χ0) is 15.4. The molecule has 3 nitrogen and oxygen atoms in total. The molecule has 0 radical (unpaired) electrons. The van der Waals surface area contributed by atoms with Crippen LogP contribution in [0.2, 0.25) is 0 Å². The van der Waals surface area contributed by atoms with Crippen molar-refractivity contribution in [1.82, 2.24) is 0 Å². The Labute approximate surface area is 121 Å². The minimum atomic E-state index is -1.49. The Bertz CT molecular complexity index is 671. The molecule has 21 heavy (non-hydrogen) atoms. The van der Waals surface area contributed by atoms with Crippen LogP contribution >= 0.6 is 0 Å². The Morgan fingerprint density at radius 3 is 2.38 bits per heavy atom. The molecule has 0 unspecified atom stereocenters. The van der Waals surface area contributed by atoms with E-state index in [0.717, 1.165) is 23.6 Å². The number of aryl methyl sites for hydroxylation is 1. The number of carbonyl (C=O) groups is 1. The van der Waals surface area contributed by atoms with Gasteiger partial charge in [0.25, 0.3) is 0 Å². The molecule has 0 amide bonds. The van der Waals surface area contributed by atoms with Crippen LogP contribution in [0, 0.1) is 11.6 Å². The van der Waals surface area contributed by atoms with E-state index in [1.165, 1.54) is 6.07 Å². The third-order valence-electron chi connectivity index (χ3n) is 3.28. The molecular weight excluding hydrogens is 276 g/mol. The highest BCUT2D eigenvalue weighted by Gasteiger charge is 2.17. The van der Waals surface area contributed by atoms with Crippen LogP contribution in [0.15, 0.2) is 36.4 Å². The fourth-order valence-electron chi connectivity index (χ4n) is 2.12. The summed E-state index contributed by atoms with van der Waals surface area (Å²) in [5, 5.41) is 11.5. The van der Waals surface area contributed by atoms with Crippen LogP contribution in [-0.2, 0) is 13.0 Å². The SMILES string of the molecule is CCc1ccccc1CNc1ccc(C(=O)O)c(F)c1F. The molecular formula is C16H15F2NO2. The Kier molecular flexibility index (Phi) is 4.52. The first-order valence-electron chi connectivity index (χ1n) is 6.56. The maximum absolute atomic E-state index is 13.8. The number of benzene rings is 2. The summed E-state index contributed by atoms with van der Waals surface area (Å²) in [5.41, 5.74) is 1.38. The number of carboxylic acids is 1. The second-order valence-electron chi connectivity index (χ2n) is 4.57. The summed E-state index contributed by atoms with van der Waals surface area (Å²) in [5.74, 6) is -4.02. The number of aromatic carboxylic acids is 1. The van der Waals surface area contributed by atoms with Gasteiger partial charge < -0.3 is 10.4 Å². The third kappa shape index (κ3) is 3.18. The van der Waals surface area contributed by atoms with E-state index in [9.17, 15) is 13.6 Å². The van der Waals surface area contributed by atoms with E-state index in [1.807, 2.05) is 31.2 Å². The van der Waals surface area contributed by atoms with Gasteiger partial charge in [-0.3, -0.25) is 0 Å². The smallest absolute Gasteiger partial charge is 0.338 e. The summed E-state index contributed by atoms with van der Waals surface area (Å²) >= 11 is 0. The Hall–Kier alpha value is -2.43. The molecule has 2 N–H and O–H groups in total. The van der Waals surface area contributed by atoms with Gasteiger partial charge in [0.2, 0.25) is 0 Å². The van der Waals surface area contributed by atoms with Gasteiger partial charge in [-0.1, -0.05) is 31.2 Å². The summed E-state index contributed by atoms with van der Waals surface area (Å²) in [7, 11) is 0. The number of anilines is 1. The van der Waals surface area contributed by atoms with Gasteiger partial charge in [0, 0.05) is 6.54 Å². The molecule has 0 heterocycles. The van der Waals surface area contributed by atoms with E-state index < -0.39 is 23.2 Å². The number of rotatable bonds is 5. The van der Waals surface area contributed by atoms with Crippen molar-refractivity contribution in [1.29, 1.82) is 0 Å². The molecule has 2 aromatic carbocycles. The highest BCUT2D eigenvalue weighted by Crippen LogP contribution is 2.22. The Morgan fingerprint density at radius 2 is 1.76 bits per heavy atom. The number of carboxylic acid groups (broad SMARTS) is 1. The molecule has 0 aliphatic carbocycles. The van der Waals surface area contributed by atoms with Crippen molar-refractivity contribution < 1.29 is 18.7 Å². The molecule has 2 aromatic rings. The van der Waals surface area contributed by atoms with Crippen LogP contribution in [0.1, 0.15) is 28.4 Å². The average Bonchev–Trinajstić information content (AvgIpc) is 2.48. The van der Waals surface area contributed by atoms with Crippen LogP contribution < -0.4 is 5.32 Å². The van der Waals surface area contributed by atoms with Crippen molar-refractivity contribution in [3.63, 3.8) is 0 Å². The van der Waals surface area contributed by atoms with Gasteiger partial charge in [0.05, 0.1) is 11.3 Å². The molecule has 0 spiro atoms. The average molecular weight is 291 g/mol. The molecule has 0 atom stereocenters. The van der Waals surface area contributed by atoms with Gasteiger partial charge in [0.15, 0.2) is 11.6 Å². The number of hydrogen-bond acceptors (Lipinski definition) is 2.